The molecule has 0 saturated carbocycles. The van der Waals surface area contributed by atoms with E-state index in [-0.39, 0.29) is 12.3 Å². The van der Waals surface area contributed by atoms with Crippen LogP contribution >= 0.6 is 0 Å². The quantitative estimate of drug-likeness (QED) is 0.801. The molecule has 0 atom stereocenters. The topological polar surface area (TPSA) is 62.3 Å². The van der Waals surface area contributed by atoms with Crippen molar-refractivity contribution in [3.8, 4) is 22.9 Å². The monoisotopic (exact) mass is 323 g/mol. The van der Waals surface area contributed by atoms with E-state index < -0.39 is 0 Å². The van der Waals surface area contributed by atoms with E-state index in [1.807, 2.05) is 32.0 Å². The zero-order valence-corrected chi connectivity index (χ0v) is 14.2. The Balaban J connectivity index is 1.96. The van der Waals surface area contributed by atoms with Crippen LogP contribution in [0.25, 0.3) is 22.4 Å². The second-order valence-electron chi connectivity index (χ2n) is 7.07. The maximum Gasteiger partial charge on any atom is 0.231 e. The van der Waals surface area contributed by atoms with E-state index in [2.05, 4.69) is 29.7 Å². The molecule has 1 aromatic heterocycles. The summed E-state index contributed by atoms with van der Waals surface area (Å²) in [5.41, 5.74) is 10.1. The molecule has 2 N–H and O–H groups in total. The Morgan fingerprint density at radius 3 is 2.62 bits per heavy atom. The van der Waals surface area contributed by atoms with E-state index >= 15 is 0 Å². The number of nitrogens with zero attached hydrogens (tertiary/aromatic N) is 2. The molecule has 0 radical (unpaired) electrons. The Bertz CT molecular complexity index is 922. The molecule has 2 aromatic carbocycles. The first-order valence-corrected chi connectivity index (χ1v) is 8.06. The van der Waals surface area contributed by atoms with Crippen molar-refractivity contribution < 1.29 is 9.47 Å². The number of imidazole rings is 1. The maximum absolute atomic E-state index is 6.30. The molecule has 0 fully saturated rings. The number of hydrogen-bond donors (Lipinski definition) is 1. The number of fused-ring (bicyclic) bond motifs is 2. The molecule has 3 aromatic rings. The van der Waals surface area contributed by atoms with Crippen molar-refractivity contribution >= 4 is 11.0 Å². The largest absolute Gasteiger partial charge is 0.454 e. The van der Waals surface area contributed by atoms with E-state index in [9.17, 15) is 0 Å². The van der Waals surface area contributed by atoms with Crippen LogP contribution in [0.5, 0.6) is 11.5 Å². The van der Waals surface area contributed by atoms with Crippen molar-refractivity contribution in [2.75, 3.05) is 6.79 Å². The molecule has 1 aliphatic heterocycles. The van der Waals surface area contributed by atoms with Gasteiger partial charge in [0, 0.05) is 29.8 Å². The van der Waals surface area contributed by atoms with Crippen LogP contribution in [-0.4, -0.2) is 21.9 Å². The van der Waals surface area contributed by atoms with Crippen LogP contribution in [0, 0.1) is 6.92 Å². The first kappa shape index (κ1) is 15.0. The standard InChI is InChI=1S/C19H21N3O2/c1-12-5-4-6-13(7-12)18-21-14-8-16-17(24-11-23-16)9-15(14)22(18)10-19(2,3)20/h4-9H,10-11,20H2,1-3H3. The van der Waals surface area contributed by atoms with Gasteiger partial charge in [-0.15, -0.1) is 0 Å². The highest BCUT2D eigenvalue weighted by Gasteiger charge is 2.22. The van der Waals surface area contributed by atoms with Crippen LogP contribution in [0.15, 0.2) is 36.4 Å². The fourth-order valence-electron chi connectivity index (χ4n) is 3.09. The molecule has 5 heteroatoms. The molecule has 4 rings (SSSR count). The predicted octanol–water partition coefficient (Wildman–Crippen LogP) is 3.48. The minimum Gasteiger partial charge on any atom is -0.454 e. The minimum absolute atomic E-state index is 0.259. The normalized spacial score (nSPS) is 13.7. The molecular weight excluding hydrogens is 302 g/mol. The SMILES string of the molecule is Cc1cccc(-c2nc3cc4c(cc3n2CC(C)(C)N)OCO4)c1. The van der Waals surface area contributed by atoms with Crippen molar-refractivity contribution in [1.29, 1.82) is 0 Å². The number of ether oxygens (including phenoxy) is 2. The molecule has 0 unspecified atom stereocenters. The van der Waals surface area contributed by atoms with Gasteiger partial charge < -0.3 is 19.8 Å². The van der Waals surface area contributed by atoms with Gasteiger partial charge >= 0.3 is 0 Å². The molecule has 24 heavy (non-hydrogen) atoms. The molecule has 124 valence electrons. The van der Waals surface area contributed by atoms with Gasteiger partial charge in [0.05, 0.1) is 11.0 Å². The van der Waals surface area contributed by atoms with Gasteiger partial charge in [-0.05, 0) is 26.8 Å². The summed E-state index contributed by atoms with van der Waals surface area (Å²) >= 11 is 0. The van der Waals surface area contributed by atoms with E-state index in [4.69, 9.17) is 20.2 Å². The highest BCUT2D eigenvalue weighted by atomic mass is 16.7. The second-order valence-corrected chi connectivity index (χ2v) is 7.07. The second kappa shape index (κ2) is 5.24. The van der Waals surface area contributed by atoms with Gasteiger partial charge in [0.2, 0.25) is 6.79 Å². The molecule has 5 nitrogen and oxygen atoms in total. The van der Waals surface area contributed by atoms with Gasteiger partial charge in [-0.1, -0.05) is 23.8 Å². The maximum atomic E-state index is 6.30. The lowest BCUT2D eigenvalue weighted by Gasteiger charge is -2.21. The molecule has 0 saturated heterocycles. The number of rotatable bonds is 3. The van der Waals surface area contributed by atoms with Crippen molar-refractivity contribution in [2.24, 2.45) is 5.73 Å². The fourth-order valence-corrected chi connectivity index (χ4v) is 3.09. The number of nitrogens with two attached hydrogens (primary N) is 1. The van der Waals surface area contributed by atoms with E-state index in [1.165, 1.54) is 5.56 Å². The van der Waals surface area contributed by atoms with Crippen molar-refractivity contribution in [1.82, 2.24) is 9.55 Å². The highest BCUT2D eigenvalue weighted by molar-refractivity contribution is 5.84. The third-order valence-corrected chi connectivity index (χ3v) is 4.08. The number of aryl methyl sites for hydroxylation is 1. The summed E-state index contributed by atoms with van der Waals surface area (Å²) in [5, 5.41) is 0. The summed E-state index contributed by atoms with van der Waals surface area (Å²) in [5.74, 6) is 2.42. The summed E-state index contributed by atoms with van der Waals surface area (Å²) in [6, 6.07) is 12.3. The van der Waals surface area contributed by atoms with Gasteiger partial charge in [-0.3, -0.25) is 0 Å². The minimum atomic E-state index is -0.359. The van der Waals surface area contributed by atoms with Crippen LogP contribution in [0.1, 0.15) is 19.4 Å². The van der Waals surface area contributed by atoms with Crippen molar-refractivity contribution in [3.05, 3.63) is 42.0 Å². The van der Waals surface area contributed by atoms with Crippen LogP contribution in [0.3, 0.4) is 0 Å². The zero-order chi connectivity index (χ0) is 16.9. The number of hydrogen-bond acceptors (Lipinski definition) is 4. The van der Waals surface area contributed by atoms with E-state index in [1.54, 1.807) is 0 Å². The summed E-state index contributed by atoms with van der Waals surface area (Å²) in [7, 11) is 0. The summed E-state index contributed by atoms with van der Waals surface area (Å²) in [6.07, 6.45) is 0. The lowest BCUT2D eigenvalue weighted by Crippen LogP contribution is -2.37. The first-order valence-electron chi connectivity index (χ1n) is 8.06. The smallest absolute Gasteiger partial charge is 0.231 e. The molecule has 2 heterocycles. The molecule has 0 aliphatic carbocycles. The van der Waals surface area contributed by atoms with Crippen LogP contribution in [0.4, 0.5) is 0 Å². The van der Waals surface area contributed by atoms with E-state index in [0.29, 0.717) is 6.54 Å². The Morgan fingerprint density at radius 1 is 1.17 bits per heavy atom. The lowest BCUT2D eigenvalue weighted by atomic mass is 10.1. The number of benzene rings is 2. The van der Waals surface area contributed by atoms with Crippen LogP contribution < -0.4 is 15.2 Å². The Labute approximate surface area is 141 Å². The molecule has 0 spiro atoms. The average Bonchev–Trinajstić information content (AvgIpc) is 3.08. The van der Waals surface area contributed by atoms with E-state index in [0.717, 1.165) is 33.9 Å². The first-order chi connectivity index (χ1) is 11.4. The van der Waals surface area contributed by atoms with Gasteiger partial charge in [0.15, 0.2) is 11.5 Å². The van der Waals surface area contributed by atoms with Crippen LogP contribution in [-0.2, 0) is 6.54 Å². The van der Waals surface area contributed by atoms with Gasteiger partial charge in [0.1, 0.15) is 5.82 Å². The van der Waals surface area contributed by atoms with Gasteiger partial charge in [0.25, 0.3) is 0 Å². The van der Waals surface area contributed by atoms with Crippen molar-refractivity contribution in [2.45, 2.75) is 32.9 Å². The third-order valence-electron chi connectivity index (χ3n) is 4.08. The lowest BCUT2D eigenvalue weighted by molar-refractivity contribution is 0.174. The summed E-state index contributed by atoms with van der Waals surface area (Å²) in [6.45, 7) is 7.04. The average molecular weight is 323 g/mol. The fraction of sp³-hybridized carbons (Fsp3) is 0.316. The Kier molecular flexibility index (Phi) is 3.28. The highest BCUT2D eigenvalue weighted by Crippen LogP contribution is 2.38. The molecule has 1 aliphatic rings. The Morgan fingerprint density at radius 2 is 1.92 bits per heavy atom. The molecular formula is C19H21N3O2. The Hall–Kier alpha value is -2.53. The third kappa shape index (κ3) is 2.61. The van der Waals surface area contributed by atoms with Gasteiger partial charge in [-0.2, -0.15) is 0 Å². The summed E-state index contributed by atoms with van der Waals surface area (Å²) < 4.78 is 13.2. The van der Waals surface area contributed by atoms with Crippen LogP contribution in [0.2, 0.25) is 0 Å². The number of aromatic nitrogens is 2. The van der Waals surface area contributed by atoms with Crippen molar-refractivity contribution in [3.63, 3.8) is 0 Å². The molecule has 0 bridgehead atoms. The summed E-state index contributed by atoms with van der Waals surface area (Å²) in [4.78, 5) is 4.86. The van der Waals surface area contributed by atoms with Gasteiger partial charge in [-0.25, -0.2) is 4.98 Å². The zero-order valence-electron chi connectivity index (χ0n) is 14.2. The predicted molar refractivity (Wildman–Crippen MR) is 94.3 cm³/mol. The molecule has 0 amide bonds.